The van der Waals surface area contributed by atoms with E-state index in [1.165, 1.54) is 7.11 Å². The number of methoxy groups -OCH3 is 1. The number of rotatable bonds is 1. The molecule has 2 rings (SSSR count). The molecule has 0 radical (unpaired) electrons. The first kappa shape index (κ1) is 9.65. The van der Waals surface area contributed by atoms with Crippen LogP contribution in [0.2, 0.25) is 0 Å². The lowest BCUT2D eigenvalue weighted by atomic mass is 10.0. The summed E-state index contributed by atoms with van der Waals surface area (Å²) in [7, 11) is 1.38. The van der Waals surface area contributed by atoms with Gasteiger partial charge in [-0.2, -0.15) is 0 Å². The molecule has 0 atom stereocenters. The Kier molecular flexibility index (Phi) is 2.37. The van der Waals surface area contributed by atoms with Crippen molar-refractivity contribution >= 4 is 16.9 Å². The van der Waals surface area contributed by atoms with Crippen LogP contribution in [0.25, 0.3) is 10.9 Å². The summed E-state index contributed by atoms with van der Waals surface area (Å²) in [6.45, 7) is 1.97. The number of ether oxygens (including phenoxy) is 1. The summed E-state index contributed by atoms with van der Waals surface area (Å²) in [5, 5.41) is 0.837. The molecular formula is C12H11NO2. The van der Waals surface area contributed by atoms with E-state index >= 15 is 0 Å². The second kappa shape index (κ2) is 3.69. The zero-order valence-electron chi connectivity index (χ0n) is 8.65. The fraction of sp³-hybridized carbons (Fsp3) is 0.167. The summed E-state index contributed by atoms with van der Waals surface area (Å²) < 4.78 is 4.72. The highest BCUT2D eigenvalue weighted by molar-refractivity contribution is 6.04. The van der Waals surface area contributed by atoms with Gasteiger partial charge in [0.2, 0.25) is 0 Å². The van der Waals surface area contributed by atoms with Crippen molar-refractivity contribution in [3.8, 4) is 0 Å². The monoisotopic (exact) mass is 201 g/mol. The van der Waals surface area contributed by atoms with Crippen molar-refractivity contribution in [3.05, 3.63) is 41.6 Å². The summed E-state index contributed by atoms with van der Waals surface area (Å²) in [4.78, 5) is 15.7. The van der Waals surface area contributed by atoms with Gasteiger partial charge >= 0.3 is 5.97 Å². The maximum absolute atomic E-state index is 11.5. The number of aromatic nitrogens is 1. The van der Waals surface area contributed by atoms with Crippen LogP contribution in [0.15, 0.2) is 30.5 Å². The molecule has 15 heavy (non-hydrogen) atoms. The van der Waals surface area contributed by atoms with Crippen LogP contribution in [0, 0.1) is 6.92 Å². The number of benzene rings is 1. The van der Waals surface area contributed by atoms with Gasteiger partial charge < -0.3 is 4.74 Å². The van der Waals surface area contributed by atoms with Gasteiger partial charge in [0.1, 0.15) is 0 Å². The molecular weight excluding hydrogens is 190 g/mol. The van der Waals surface area contributed by atoms with Gasteiger partial charge in [0, 0.05) is 11.6 Å². The topological polar surface area (TPSA) is 39.2 Å². The van der Waals surface area contributed by atoms with E-state index < -0.39 is 0 Å². The Hall–Kier alpha value is -1.90. The third-order valence-electron chi connectivity index (χ3n) is 2.38. The zero-order valence-corrected chi connectivity index (χ0v) is 8.65. The summed E-state index contributed by atoms with van der Waals surface area (Å²) in [6, 6.07) is 7.34. The molecule has 0 N–H and O–H groups in total. The van der Waals surface area contributed by atoms with Gasteiger partial charge in [-0.25, -0.2) is 4.79 Å². The predicted molar refractivity (Wildman–Crippen MR) is 57.8 cm³/mol. The molecule has 1 aromatic carbocycles. The van der Waals surface area contributed by atoms with E-state index in [9.17, 15) is 4.79 Å². The Bertz CT molecular complexity index is 520. The number of carbonyl (C=O) groups excluding carboxylic acids is 1. The lowest BCUT2D eigenvalue weighted by Gasteiger charge is -2.05. The van der Waals surface area contributed by atoms with Crippen LogP contribution in [0.3, 0.4) is 0 Å². The largest absolute Gasteiger partial charge is 0.465 e. The molecule has 0 bridgehead atoms. The number of carbonyl (C=O) groups is 1. The number of hydrogen-bond donors (Lipinski definition) is 0. The second-order valence-electron chi connectivity index (χ2n) is 3.32. The van der Waals surface area contributed by atoms with Gasteiger partial charge in [0.15, 0.2) is 0 Å². The molecule has 0 saturated heterocycles. The van der Waals surface area contributed by atoms with Gasteiger partial charge in [-0.3, -0.25) is 4.98 Å². The number of hydrogen-bond acceptors (Lipinski definition) is 3. The second-order valence-corrected chi connectivity index (χ2v) is 3.32. The Labute approximate surface area is 87.7 Å². The van der Waals surface area contributed by atoms with Crippen LogP contribution in [0.4, 0.5) is 0 Å². The average molecular weight is 201 g/mol. The first-order valence-electron chi connectivity index (χ1n) is 4.66. The molecule has 0 aliphatic carbocycles. The van der Waals surface area contributed by atoms with Crippen LogP contribution in [-0.2, 0) is 4.74 Å². The van der Waals surface area contributed by atoms with E-state index in [-0.39, 0.29) is 5.97 Å². The highest BCUT2D eigenvalue weighted by Gasteiger charge is 2.11. The molecule has 1 aromatic heterocycles. The Balaban J connectivity index is 2.77. The number of fused-ring (bicyclic) bond motifs is 1. The van der Waals surface area contributed by atoms with Crippen LogP contribution in [-0.4, -0.2) is 18.1 Å². The molecule has 0 saturated carbocycles. The van der Waals surface area contributed by atoms with E-state index in [2.05, 4.69) is 4.98 Å². The molecule has 3 heteroatoms. The molecule has 0 spiro atoms. The molecule has 1 heterocycles. The van der Waals surface area contributed by atoms with E-state index in [0.29, 0.717) is 5.56 Å². The van der Waals surface area contributed by atoms with Crippen molar-refractivity contribution in [2.24, 2.45) is 0 Å². The fourth-order valence-corrected chi connectivity index (χ4v) is 1.60. The van der Waals surface area contributed by atoms with Crippen LogP contribution < -0.4 is 0 Å². The SMILES string of the molecule is COC(=O)c1ccc(C)c2ncccc12. The van der Waals surface area contributed by atoms with Gasteiger partial charge in [-0.15, -0.1) is 0 Å². The van der Waals surface area contributed by atoms with Crippen LogP contribution in [0.5, 0.6) is 0 Å². The molecule has 0 unspecified atom stereocenters. The minimum Gasteiger partial charge on any atom is -0.465 e. The average Bonchev–Trinajstić information content (AvgIpc) is 2.29. The van der Waals surface area contributed by atoms with Crippen molar-refractivity contribution in [1.29, 1.82) is 0 Å². The van der Waals surface area contributed by atoms with Gasteiger partial charge in [0.05, 0.1) is 18.2 Å². The van der Waals surface area contributed by atoms with E-state index in [1.54, 1.807) is 12.3 Å². The van der Waals surface area contributed by atoms with E-state index in [0.717, 1.165) is 16.5 Å². The maximum Gasteiger partial charge on any atom is 0.338 e. The van der Waals surface area contributed by atoms with Crippen molar-refractivity contribution in [2.45, 2.75) is 6.92 Å². The molecule has 0 fully saturated rings. The summed E-state index contributed by atoms with van der Waals surface area (Å²) in [6.07, 6.45) is 1.72. The summed E-state index contributed by atoms with van der Waals surface area (Å²) in [5.41, 5.74) is 2.46. The number of nitrogens with zero attached hydrogens (tertiary/aromatic N) is 1. The van der Waals surface area contributed by atoms with Crippen molar-refractivity contribution in [3.63, 3.8) is 0 Å². The van der Waals surface area contributed by atoms with E-state index in [1.807, 2.05) is 25.1 Å². The molecule has 76 valence electrons. The number of pyridine rings is 1. The molecule has 0 aliphatic rings. The van der Waals surface area contributed by atoms with Gasteiger partial charge in [-0.1, -0.05) is 12.1 Å². The number of aryl methyl sites for hydroxylation is 1. The standard InChI is InChI=1S/C12H11NO2/c1-8-5-6-10(12(14)15-2)9-4-3-7-13-11(8)9/h3-7H,1-2H3. The first-order valence-corrected chi connectivity index (χ1v) is 4.66. The zero-order chi connectivity index (χ0) is 10.8. The highest BCUT2D eigenvalue weighted by atomic mass is 16.5. The highest BCUT2D eigenvalue weighted by Crippen LogP contribution is 2.20. The third-order valence-corrected chi connectivity index (χ3v) is 2.38. The summed E-state index contributed by atoms with van der Waals surface area (Å²) in [5.74, 6) is -0.326. The molecule has 0 amide bonds. The van der Waals surface area contributed by atoms with Crippen molar-refractivity contribution in [1.82, 2.24) is 4.98 Å². The number of esters is 1. The predicted octanol–water partition coefficient (Wildman–Crippen LogP) is 2.33. The normalized spacial score (nSPS) is 10.3. The maximum atomic E-state index is 11.5. The van der Waals surface area contributed by atoms with Crippen LogP contribution >= 0.6 is 0 Å². The van der Waals surface area contributed by atoms with Gasteiger partial charge in [-0.05, 0) is 24.6 Å². The Morgan fingerprint density at radius 1 is 1.33 bits per heavy atom. The van der Waals surface area contributed by atoms with Crippen molar-refractivity contribution in [2.75, 3.05) is 7.11 Å². The van der Waals surface area contributed by atoms with Crippen molar-refractivity contribution < 1.29 is 9.53 Å². The smallest absolute Gasteiger partial charge is 0.338 e. The molecule has 2 aromatic rings. The minimum absolute atomic E-state index is 0.326. The molecule has 3 nitrogen and oxygen atoms in total. The quantitative estimate of drug-likeness (QED) is 0.665. The van der Waals surface area contributed by atoms with E-state index in [4.69, 9.17) is 4.74 Å². The Morgan fingerprint density at radius 3 is 2.87 bits per heavy atom. The Morgan fingerprint density at radius 2 is 2.13 bits per heavy atom. The minimum atomic E-state index is -0.326. The fourth-order valence-electron chi connectivity index (χ4n) is 1.60. The first-order chi connectivity index (χ1) is 7.24. The lowest BCUT2D eigenvalue weighted by Crippen LogP contribution is -2.02. The molecule has 0 aliphatic heterocycles. The van der Waals surface area contributed by atoms with Crippen LogP contribution in [0.1, 0.15) is 15.9 Å². The van der Waals surface area contributed by atoms with Gasteiger partial charge in [0.25, 0.3) is 0 Å². The third kappa shape index (κ3) is 1.56. The summed E-state index contributed by atoms with van der Waals surface area (Å²) >= 11 is 0. The lowest BCUT2D eigenvalue weighted by molar-refractivity contribution is 0.0603.